The Hall–Kier alpha value is -1.39. The number of hydrogen-bond donors (Lipinski definition) is 2. The van der Waals surface area contributed by atoms with E-state index in [9.17, 15) is 4.79 Å². The highest BCUT2D eigenvalue weighted by atomic mass is 127. The van der Waals surface area contributed by atoms with Crippen molar-refractivity contribution in [3.63, 3.8) is 0 Å². The number of hydrogen-bond acceptors (Lipinski definition) is 6. The van der Waals surface area contributed by atoms with Gasteiger partial charge in [0.25, 0.3) is 0 Å². The minimum absolute atomic E-state index is 0. The first kappa shape index (κ1) is 20.7. The molecule has 136 valence electrons. The zero-order valence-electron chi connectivity index (χ0n) is 14.4. The number of guanidine groups is 1. The predicted octanol–water partition coefficient (Wildman–Crippen LogP) is 1.78. The van der Waals surface area contributed by atoms with Gasteiger partial charge in [-0.25, -0.2) is 0 Å². The van der Waals surface area contributed by atoms with Crippen molar-refractivity contribution in [2.75, 3.05) is 13.7 Å². The van der Waals surface area contributed by atoms with Gasteiger partial charge in [-0.2, -0.15) is 4.98 Å². The fourth-order valence-corrected chi connectivity index (χ4v) is 2.70. The zero-order chi connectivity index (χ0) is 16.7. The average Bonchev–Trinajstić information content (AvgIpc) is 2.97. The van der Waals surface area contributed by atoms with E-state index in [-0.39, 0.29) is 35.9 Å². The summed E-state index contributed by atoms with van der Waals surface area (Å²) in [5.74, 6) is 1.80. The van der Waals surface area contributed by atoms with Crippen molar-refractivity contribution in [2.24, 2.45) is 10.9 Å². The molecule has 0 bridgehead atoms. The molecule has 24 heavy (non-hydrogen) atoms. The van der Waals surface area contributed by atoms with Gasteiger partial charge in [0.05, 0.1) is 19.1 Å². The maximum atomic E-state index is 11.7. The summed E-state index contributed by atoms with van der Waals surface area (Å²) in [7, 11) is 1.72. The highest BCUT2D eigenvalue weighted by molar-refractivity contribution is 14.0. The van der Waals surface area contributed by atoms with Gasteiger partial charge < -0.3 is 19.9 Å². The number of carbonyl (C=O) groups excluding carboxylic acids is 1. The third-order valence-corrected chi connectivity index (χ3v) is 3.90. The summed E-state index contributed by atoms with van der Waals surface area (Å²) in [5.41, 5.74) is 0. The third-order valence-electron chi connectivity index (χ3n) is 3.90. The van der Waals surface area contributed by atoms with Crippen LogP contribution in [0.15, 0.2) is 9.52 Å². The minimum atomic E-state index is -0.0686. The molecule has 1 aliphatic rings. The Balaban J connectivity index is 0.00000288. The van der Waals surface area contributed by atoms with Crippen LogP contribution in [0.1, 0.15) is 44.3 Å². The van der Waals surface area contributed by atoms with Crippen molar-refractivity contribution in [1.82, 2.24) is 20.8 Å². The Kier molecular flexibility index (Phi) is 9.01. The second kappa shape index (κ2) is 10.5. The van der Waals surface area contributed by atoms with Gasteiger partial charge in [-0.1, -0.05) is 5.16 Å². The molecule has 1 fully saturated rings. The summed E-state index contributed by atoms with van der Waals surface area (Å²) in [5, 5.41) is 10.4. The topological polar surface area (TPSA) is 102 Å². The van der Waals surface area contributed by atoms with E-state index in [4.69, 9.17) is 9.26 Å². The number of nitrogens with zero attached hydrogens (tertiary/aromatic N) is 3. The molecule has 2 rings (SSSR count). The van der Waals surface area contributed by atoms with Crippen LogP contribution in [-0.4, -0.2) is 41.8 Å². The van der Waals surface area contributed by atoms with Gasteiger partial charge in [0.15, 0.2) is 11.8 Å². The number of ether oxygens (including phenoxy) is 1. The first-order chi connectivity index (χ1) is 11.1. The number of rotatable bonds is 5. The van der Waals surface area contributed by atoms with Gasteiger partial charge in [-0.3, -0.25) is 9.79 Å². The van der Waals surface area contributed by atoms with E-state index in [0.29, 0.717) is 36.9 Å². The molecule has 0 aromatic carbocycles. The standard InChI is InChI=1S/C15H25N5O3.HI/c1-4-22-14(21)11-5-7-12(8-6-11)19-15(16-3)17-9-13-18-10(2)23-20-13;/h11-12H,4-9H2,1-3H3,(H2,16,17,19);1H. The number of aryl methyl sites for hydroxylation is 1. The first-order valence-corrected chi connectivity index (χ1v) is 8.05. The van der Waals surface area contributed by atoms with Crippen molar-refractivity contribution in [3.8, 4) is 0 Å². The van der Waals surface area contributed by atoms with Crippen molar-refractivity contribution in [3.05, 3.63) is 11.7 Å². The van der Waals surface area contributed by atoms with Gasteiger partial charge in [0, 0.05) is 20.0 Å². The van der Waals surface area contributed by atoms with E-state index >= 15 is 0 Å². The van der Waals surface area contributed by atoms with E-state index in [1.54, 1.807) is 14.0 Å². The Morgan fingerprint density at radius 2 is 2.08 bits per heavy atom. The molecule has 1 saturated carbocycles. The van der Waals surface area contributed by atoms with Gasteiger partial charge in [0.2, 0.25) is 5.89 Å². The molecule has 1 heterocycles. The van der Waals surface area contributed by atoms with Crippen molar-refractivity contribution >= 4 is 35.9 Å². The quantitative estimate of drug-likeness (QED) is 0.305. The summed E-state index contributed by atoms with van der Waals surface area (Å²) in [6, 6.07) is 0.305. The average molecular weight is 451 g/mol. The van der Waals surface area contributed by atoms with E-state index < -0.39 is 0 Å². The van der Waals surface area contributed by atoms with Crippen LogP contribution in [0, 0.1) is 12.8 Å². The van der Waals surface area contributed by atoms with Crippen LogP contribution in [0.4, 0.5) is 0 Å². The Morgan fingerprint density at radius 3 is 2.62 bits per heavy atom. The van der Waals surface area contributed by atoms with Crippen LogP contribution in [0.2, 0.25) is 0 Å². The SMILES string of the molecule is CCOC(=O)C1CCC(NC(=NC)NCc2noc(C)n2)CC1.I. The largest absolute Gasteiger partial charge is 0.466 e. The highest BCUT2D eigenvalue weighted by Gasteiger charge is 2.27. The van der Waals surface area contributed by atoms with Crippen LogP contribution in [0.25, 0.3) is 0 Å². The fraction of sp³-hybridized carbons (Fsp3) is 0.733. The predicted molar refractivity (Wildman–Crippen MR) is 100 cm³/mol. The molecule has 2 N–H and O–H groups in total. The van der Waals surface area contributed by atoms with Gasteiger partial charge in [-0.05, 0) is 32.6 Å². The van der Waals surface area contributed by atoms with E-state index in [1.807, 2.05) is 6.92 Å². The van der Waals surface area contributed by atoms with E-state index in [1.165, 1.54) is 0 Å². The van der Waals surface area contributed by atoms with Crippen LogP contribution in [0.5, 0.6) is 0 Å². The molecule has 0 amide bonds. The Bertz CT molecular complexity index is 541. The molecule has 1 aromatic heterocycles. The molecule has 0 radical (unpaired) electrons. The molecule has 1 aromatic rings. The maximum absolute atomic E-state index is 11.7. The normalized spacial score (nSPS) is 20.9. The van der Waals surface area contributed by atoms with Crippen molar-refractivity contribution in [1.29, 1.82) is 0 Å². The summed E-state index contributed by atoms with van der Waals surface area (Å²) in [6.07, 6.45) is 3.53. The van der Waals surface area contributed by atoms with E-state index in [0.717, 1.165) is 25.7 Å². The molecule has 1 aliphatic carbocycles. The lowest BCUT2D eigenvalue weighted by Crippen LogP contribution is -2.45. The summed E-state index contributed by atoms with van der Waals surface area (Å²) in [4.78, 5) is 20.1. The molecular weight excluding hydrogens is 425 g/mol. The van der Waals surface area contributed by atoms with Crippen LogP contribution < -0.4 is 10.6 Å². The zero-order valence-corrected chi connectivity index (χ0v) is 16.7. The van der Waals surface area contributed by atoms with Crippen LogP contribution >= 0.6 is 24.0 Å². The molecule has 0 atom stereocenters. The van der Waals surface area contributed by atoms with E-state index in [2.05, 4.69) is 25.8 Å². The summed E-state index contributed by atoms with van der Waals surface area (Å²) < 4.78 is 10.0. The molecular formula is C15H26IN5O3. The Labute approximate surface area is 159 Å². The summed E-state index contributed by atoms with van der Waals surface area (Å²) >= 11 is 0. The third kappa shape index (κ3) is 6.25. The number of esters is 1. The number of nitrogens with one attached hydrogen (secondary N) is 2. The number of aromatic nitrogens is 2. The molecule has 0 unspecified atom stereocenters. The monoisotopic (exact) mass is 451 g/mol. The molecule has 0 spiro atoms. The van der Waals surface area contributed by atoms with Crippen molar-refractivity contribution < 1.29 is 14.1 Å². The molecule has 9 heteroatoms. The number of halogens is 1. The van der Waals surface area contributed by atoms with Crippen molar-refractivity contribution in [2.45, 2.75) is 52.1 Å². The van der Waals surface area contributed by atoms with Gasteiger partial charge >= 0.3 is 5.97 Å². The molecule has 8 nitrogen and oxygen atoms in total. The fourth-order valence-electron chi connectivity index (χ4n) is 2.70. The maximum Gasteiger partial charge on any atom is 0.308 e. The lowest BCUT2D eigenvalue weighted by Gasteiger charge is -2.28. The minimum Gasteiger partial charge on any atom is -0.466 e. The molecule has 0 saturated heterocycles. The van der Waals surface area contributed by atoms with Gasteiger partial charge in [0.1, 0.15) is 0 Å². The van der Waals surface area contributed by atoms with Crippen LogP contribution in [-0.2, 0) is 16.1 Å². The summed E-state index contributed by atoms with van der Waals surface area (Å²) in [6.45, 7) is 4.50. The highest BCUT2D eigenvalue weighted by Crippen LogP contribution is 2.25. The lowest BCUT2D eigenvalue weighted by atomic mass is 9.86. The second-order valence-corrected chi connectivity index (χ2v) is 5.60. The van der Waals surface area contributed by atoms with Gasteiger partial charge in [-0.15, -0.1) is 24.0 Å². The number of aliphatic imine (C=N–C) groups is 1. The lowest BCUT2D eigenvalue weighted by molar-refractivity contribution is -0.149. The van der Waals surface area contributed by atoms with Crippen LogP contribution in [0.3, 0.4) is 0 Å². The number of carbonyl (C=O) groups is 1. The Morgan fingerprint density at radius 1 is 1.38 bits per heavy atom. The first-order valence-electron chi connectivity index (χ1n) is 8.05. The smallest absolute Gasteiger partial charge is 0.308 e. The second-order valence-electron chi connectivity index (χ2n) is 5.60. The molecule has 0 aliphatic heterocycles.